The van der Waals surface area contributed by atoms with Crippen molar-refractivity contribution in [3.05, 3.63) is 69.9 Å². The topological polar surface area (TPSA) is 12.0 Å². The van der Waals surface area contributed by atoms with Crippen LogP contribution in [0.15, 0.2) is 53.0 Å². The lowest BCUT2D eigenvalue weighted by Crippen LogP contribution is -2.41. The van der Waals surface area contributed by atoms with Gasteiger partial charge in [0, 0.05) is 16.6 Å². The van der Waals surface area contributed by atoms with Gasteiger partial charge >= 0.3 is 0 Å². The predicted octanol–water partition coefficient (Wildman–Crippen LogP) is 5.19. The zero-order valence-electron chi connectivity index (χ0n) is 12.0. The lowest BCUT2D eigenvalue weighted by atomic mass is 9.75. The van der Waals surface area contributed by atoms with Crippen LogP contribution in [-0.4, -0.2) is 6.04 Å². The summed E-state index contributed by atoms with van der Waals surface area (Å²) in [6, 6.07) is 16.0. The molecule has 1 aliphatic rings. The van der Waals surface area contributed by atoms with Gasteiger partial charge in [-0.25, -0.2) is 4.39 Å². The van der Waals surface area contributed by atoms with Crippen molar-refractivity contribution in [2.75, 3.05) is 0 Å². The van der Waals surface area contributed by atoms with Gasteiger partial charge in [-0.3, -0.25) is 0 Å². The summed E-state index contributed by atoms with van der Waals surface area (Å²) in [6.45, 7) is 2.14. The molecule has 1 nitrogen and oxygen atoms in total. The first kappa shape index (κ1) is 14.7. The first-order chi connectivity index (χ1) is 10.1. The van der Waals surface area contributed by atoms with E-state index in [0.717, 1.165) is 18.4 Å². The molecule has 0 heterocycles. The maximum atomic E-state index is 12.9. The van der Waals surface area contributed by atoms with Crippen LogP contribution in [0.4, 0.5) is 4.39 Å². The summed E-state index contributed by atoms with van der Waals surface area (Å²) >= 11 is 3.63. The van der Waals surface area contributed by atoms with Gasteiger partial charge in [0.2, 0.25) is 0 Å². The summed E-state index contributed by atoms with van der Waals surface area (Å²) in [7, 11) is 0. The van der Waals surface area contributed by atoms with Crippen molar-refractivity contribution in [1.29, 1.82) is 0 Å². The fraction of sp³-hybridized carbons (Fsp3) is 0.333. The minimum absolute atomic E-state index is 0.177. The van der Waals surface area contributed by atoms with Gasteiger partial charge in [-0.2, -0.15) is 0 Å². The van der Waals surface area contributed by atoms with Crippen molar-refractivity contribution in [2.24, 2.45) is 0 Å². The SMILES string of the molecule is C[C@H](NC1CC(c2ccccc2Br)C1)c1ccc(F)cc1. The summed E-state index contributed by atoms with van der Waals surface area (Å²) in [6.07, 6.45) is 2.32. The number of hydrogen-bond donors (Lipinski definition) is 1. The first-order valence-electron chi connectivity index (χ1n) is 7.39. The van der Waals surface area contributed by atoms with Gasteiger partial charge in [0.1, 0.15) is 5.82 Å². The lowest BCUT2D eigenvalue weighted by molar-refractivity contribution is 0.270. The van der Waals surface area contributed by atoms with Crippen LogP contribution in [0.2, 0.25) is 0 Å². The monoisotopic (exact) mass is 347 g/mol. The van der Waals surface area contributed by atoms with Crippen LogP contribution in [0.1, 0.15) is 42.9 Å². The second-order valence-electron chi connectivity index (χ2n) is 5.83. The molecule has 1 fully saturated rings. The summed E-state index contributed by atoms with van der Waals surface area (Å²) in [4.78, 5) is 0. The third-order valence-electron chi connectivity index (χ3n) is 4.34. The van der Waals surface area contributed by atoms with Gasteiger partial charge in [-0.15, -0.1) is 0 Å². The summed E-state index contributed by atoms with van der Waals surface area (Å²) in [5.74, 6) is 0.460. The highest BCUT2D eigenvalue weighted by molar-refractivity contribution is 9.10. The fourth-order valence-electron chi connectivity index (χ4n) is 3.02. The van der Waals surface area contributed by atoms with Crippen LogP contribution in [0, 0.1) is 5.82 Å². The molecule has 0 bridgehead atoms. The van der Waals surface area contributed by atoms with Crippen molar-refractivity contribution >= 4 is 15.9 Å². The quantitative estimate of drug-likeness (QED) is 0.802. The van der Waals surface area contributed by atoms with Crippen molar-refractivity contribution in [2.45, 2.75) is 37.8 Å². The average molecular weight is 348 g/mol. The molecule has 0 radical (unpaired) electrons. The molecule has 1 aliphatic carbocycles. The van der Waals surface area contributed by atoms with Crippen molar-refractivity contribution in [3.8, 4) is 0 Å². The molecule has 0 aliphatic heterocycles. The van der Waals surface area contributed by atoms with E-state index in [1.807, 2.05) is 12.1 Å². The van der Waals surface area contributed by atoms with Crippen molar-refractivity contribution < 1.29 is 4.39 Å². The van der Waals surface area contributed by atoms with Crippen LogP contribution >= 0.6 is 15.9 Å². The largest absolute Gasteiger partial charge is 0.307 e. The standard InChI is InChI=1S/C18H19BrFN/c1-12(13-6-8-15(20)9-7-13)21-16-10-14(11-16)17-4-2-3-5-18(17)19/h2-9,12,14,16,21H,10-11H2,1H3/t12-,14?,16?/m0/s1. The predicted molar refractivity (Wildman–Crippen MR) is 87.9 cm³/mol. The van der Waals surface area contributed by atoms with Crippen LogP contribution < -0.4 is 5.32 Å². The molecule has 0 spiro atoms. The average Bonchev–Trinajstić information content (AvgIpc) is 2.44. The Hall–Kier alpha value is -1.19. The summed E-state index contributed by atoms with van der Waals surface area (Å²) < 4.78 is 14.2. The molecule has 1 atom stereocenters. The minimum Gasteiger partial charge on any atom is -0.307 e. The number of rotatable bonds is 4. The Morgan fingerprint density at radius 1 is 1.10 bits per heavy atom. The van der Waals surface area contributed by atoms with Crippen molar-refractivity contribution in [3.63, 3.8) is 0 Å². The second-order valence-corrected chi connectivity index (χ2v) is 6.68. The molecule has 1 N–H and O–H groups in total. The van der Waals surface area contributed by atoms with Crippen LogP contribution in [0.3, 0.4) is 0 Å². The van der Waals surface area contributed by atoms with Gasteiger partial charge < -0.3 is 5.32 Å². The van der Waals surface area contributed by atoms with Gasteiger partial charge in [-0.05, 0) is 55.0 Å². The van der Waals surface area contributed by atoms with Gasteiger partial charge in [0.15, 0.2) is 0 Å². The third-order valence-corrected chi connectivity index (χ3v) is 5.06. The van der Waals surface area contributed by atoms with E-state index in [1.165, 1.54) is 22.2 Å². The van der Waals surface area contributed by atoms with E-state index in [0.29, 0.717) is 12.0 Å². The Labute approximate surface area is 133 Å². The molecule has 2 aromatic carbocycles. The molecule has 21 heavy (non-hydrogen) atoms. The van der Waals surface area contributed by atoms with Crippen molar-refractivity contribution in [1.82, 2.24) is 5.32 Å². The number of hydrogen-bond acceptors (Lipinski definition) is 1. The molecule has 2 aromatic rings. The van der Waals surface area contributed by atoms with E-state index in [1.54, 1.807) is 0 Å². The lowest BCUT2D eigenvalue weighted by Gasteiger charge is -2.38. The molecule has 110 valence electrons. The van der Waals surface area contributed by atoms with Crippen LogP contribution in [0.25, 0.3) is 0 Å². The van der Waals surface area contributed by atoms with Gasteiger partial charge in [0.25, 0.3) is 0 Å². The molecule has 0 aromatic heterocycles. The molecular formula is C18H19BrFN. The normalized spacial score (nSPS) is 22.6. The summed E-state index contributed by atoms with van der Waals surface area (Å²) in [5.41, 5.74) is 2.55. The van der Waals surface area contributed by atoms with Crippen LogP contribution in [0.5, 0.6) is 0 Å². The Bertz CT molecular complexity index is 605. The molecule has 0 unspecified atom stereocenters. The molecule has 0 amide bonds. The minimum atomic E-state index is -0.177. The Kier molecular flexibility index (Phi) is 4.41. The second kappa shape index (κ2) is 6.29. The molecule has 3 heteroatoms. The fourth-order valence-corrected chi connectivity index (χ4v) is 3.62. The van der Waals surface area contributed by atoms with E-state index in [-0.39, 0.29) is 11.9 Å². The first-order valence-corrected chi connectivity index (χ1v) is 8.18. The third kappa shape index (κ3) is 3.35. The Morgan fingerprint density at radius 2 is 1.76 bits per heavy atom. The molecule has 1 saturated carbocycles. The molecule has 3 rings (SSSR count). The van der Waals surface area contributed by atoms with E-state index >= 15 is 0 Å². The van der Waals surface area contributed by atoms with E-state index in [2.05, 4.69) is 52.4 Å². The van der Waals surface area contributed by atoms with E-state index < -0.39 is 0 Å². The number of benzene rings is 2. The Morgan fingerprint density at radius 3 is 2.43 bits per heavy atom. The maximum absolute atomic E-state index is 12.9. The molecular weight excluding hydrogens is 329 g/mol. The summed E-state index contributed by atoms with van der Waals surface area (Å²) in [5, 5.41) is 3.63. The number of halogens is 2. The zero-order chi connectivity index (χ0) is 14.8. The molecule has 0 saturated heterocycles. The highest BCUT2D eigenvalue weighted by Crippen LogP contribution is 2.40. The van der Waals surface area contributed by atoms with Crippen LogP contribution in [-0.2, 0) is 0 Å². The smallest absolute Gasteiger partial charge is 0.123 e. The zero-order valence-corrected chi connectivity index (χ0v) is 13.6. The maximum Gasteiger partial charge on any atom is 0.123 e. The van der Waals surface area contributed by atoms with Gasteiger partial charge in [-0.1, -0.05) is 46.3 Å². The Balaban J connectivity index is 1.55. The van der Waals surface area contributed by atoms with Gasteiger partial charge in [0.05, 0.1) is 0 Å². The highest BCUT2D eigenvalue weighted by atomic mass is 79.9. The van der Waals surface area contributed by atoms with E-state index in [9.17, 15) is 4.39 Å². The highest BCUT2D eigenvalue weighted by Gasteiger charge is 2.32. The number of nitrogens with one attached hydrogen (secondary N) is 1. The van der Waals surface area contributed by atoms with E-state index in [4.69, 9.17) is 0 Å².